The molecule has 8 heteroatoms. The molecule has 178 valence electrons. The summed E-state index contributed by atoms with van der Waals surface area (Å²) in [5.41, 5.74) is 1.33. The summed E-state index contributed by atoms with van der Waals surface area (Å²) in [5.74, 6) is 1.64. The van der Waals surface area contributed by atoms with E-state index in [1.165, 1.54) is 18.2 Å². The van der Waals surface area contributed by atoms with Gasteiger partial charge in [0.15, 0.2) is 5.82 Å². The largest absolute Gasteiger partial charge is 0.381 e. The van der Waals surface area contributed by atoms with E-state index in [0.717, 1.165) is 70.0 Å². The van der Waals surface area contributed by atoms with Crippen LogP contribution in [-0.2, 0) is 4.74 Å². The third-order valence-corrected chi connectivity index (χ3v) is 7.56. The van der Waals surface area contributed by atoms with Crippen molar-refractivity contribution in [3.05, 3.63) is 41.2 Å². The summed E-state index contributed by atoms with van der Waals surface area (Å²) in [7, 11) is 0. The van der Waals surface area contributed by atoms with E-state index in [4.69, 9.17) is 4.74 Å². The van der Waals surface area contributed by atoms with Gasteiger partial charge in [0.25, 0.3) is 6.43 Å². The molecule has 1 N–H and O–H groups in total. The molecule has 1 aromatic carbocycles. The third kappa shape index (κ3) is 5.01. The van der Waals surface area contributed by atoms with Crippen molar-refractivity contribution in [1.82, 2.24) is 15.1 Å². The molecule has 1 saturated carbocycles. The van der Waals surface area contributed by atoms with Crippen LogP contribution in [0.25, 0.3) is 11.3 Å². The molecule has 5 nitrogen and oxygen atoms in total. The molecule has 3 heterocycles. The van der Waals surface area contributed by atoms with Crippen molar-refractivity contribution in [1.29, 1.82) is 0 Å². The van der Waals surface area contributed by atoms with Crippen molar-refractivity contribution in [3.8, 4) is 11.3 Å². The maximum atomic E-state index is 13.9. The zero-order chi connectivity index (χ0) is 22.9. The summed E-state index contributed by atoms with van der Waals surface area (Å²) in [4.78, 5) is 2.59. The third-order valence-electron chi connectivity index (χ3n) is 7.56. The van der Waals surface area contributed by atoms with Crippen LogP contribution in [0, 0.1) is 30.5 Å². The summed E-state index contributed by atoms with van der Waals surface area (Å²) in [5, 5.41) is 11.5. The van der Waals surface area contributed by atoms with Gasteiger partial charge in [0.1, 0.15) is 5.82 Å². The number of alkyl halides is 2. The quantitative estimate of drug-likeness (QED) is 0.652. The van der Waals surface area contributed by atoms with Gasteiger partial charge in [0.2, 0.25) is 0 Å². The highest BCUT2D eigenvalue weighted by Crippen LogP contribution is 2.40. The molecule has 1 aromatic heterocycles. The number of ether oxygens (including phenoxy) is 1. The number of anilines is 1. The average molecular weight is 461 g/mol. The van der Waals surface area contributed by atoms with Crippen molar-refractivity contribution in [2.24, 2.45) is 17.8 Å². The highest BCUT2D eigenvalue weighted by Gasteiger charge is 2.41. The number of aromatic nitrogens is 2. The second kappa shape index (κ2) is 9.58. The Labute approximate surface area is 192 Å². The molecule has 0 radical (unpaired) electrons. The monoisotopic (exact) mass is 460 g/mol. The normalized spacial score (nSPS) is 26.2. The molecule has 1 aliphatic carbocycles. The number of fused-ring (bicyclic) bond motifs is 1. The lowest BCUT2D eigenvalue weighted by molar-refractivity contribution is 0.0545. The molecule has 2 saturated heterocycles. The predicted octanol–water partition coefficient (Wildman–Crippen LogP) is 5.08. The Kier molecular flexibility index (Phi) is 6.56. The number of hydrogen-bond donors (Lipinski definition) is 1. The van der Waals surface area contributed by atoms with Crippen molar-refractivity contribution >= 4 is 5.82 Å². The zero-order valence-electron chi connectivity index (χ0n) is 18.9. The van der Waals surface area contributed by atoms with Gasteiger partial charge in [-0.25, -0.2) is 13.2 Å². The lowest BCUT2D eigenvalue weighted by Gasteiger charge is -2.28. The van der Waals surface area contributed by atoms with Gasteiger partial charge in [0, 0.05) is 44.5 Å². The molecule has 0 unspecified atom stereocenters. The molecule has 3 fully saturated rings. The van der Waals surface area contributed by atoms with E-state index in [1.54, 1.807) is 13.0 Å². The zero-order valence-corrected chi connectivity index (χ0v) is 18.9. The van der Waals surface area contributed by atoms with Gasteiger partial charge in [-0.05, 0) is 74.1 Å². The fraction of sp³-hybridized carbons (Fsp3) is 0.600. The van der Waals surface area contributed by atoms with Gasteiger partial charge in [-0.1, -0.05) is 6.07 Å². The summed E-state index contributed by atoms with van der Waals surface area (Å²) < 4.78 is 46.9. The van der Waals surface area contributed by atoms with E-state index < -0.39 is 12.2 Å². The number of benzene rings is 1. The second-order valence-electron chi connectivity index (χ2n) is 9.90. The number of nitrogens with zero attached hydrogens (tertiary/aromatic N) is 3. The maximum Gasteiger partial charge on any atom is 0.267 e. The molecule has 3 atom stereocenters. The molecule has 2 aromatic rings. The number of halogens is 3. The summed E-state index contributed by atoms with van der Waals surface area (Å²) in [6.45, 7) is 6.88. The highest BCUT2D eigenvalue weighted by atomic mass is 19.3. The average Bonchev–Trinajstić information content (AvgIpc) is 3.34. The van der Waals surface area contributed by atoms with E-state index in [2.05, 4.69) is 20.4 Å². The fourth-order valence-electron chi connectivity index (χ4n) is 5.84. The Morgan fingerprint density at radius 2 is 1.82 bits per heavy atom. The van der Waals surface area contributed by atoms with Crippen LogP contribution in [0.3, 0.4) is 0 Å². The van der Waals surface area contributed by atoms with Crippen LogP contribution in [-0.4, -0.2) is 54.0 Å². The Bertz CT molecular complexity index is 968. The van der Waals surface area contributed by atoms with Crippen LogP contribution in [0.4, 0.5) is 19.0 Å². The first-order valence-electron chi connectivity index (χ1n) is 11.9. The topological polar surface area (TPSA) is 50.3 Å². The molecular weight excluding hydrogens is 429 g/mol. The standard InChI is InChI=1S/C25H31F3N4O/c1-15-2-3-19(26)10-21(15)23-11-22(24(27)28)25(31-30-23)29-20-8-17-13-32(14-18(17)9-20)12-16-4-6-33-7-5-16/h2-3,10-11,16-18,20,24H,4-9,12-14H2,1H3,(H,29,31)/t17-,18+,20-. The van der Waals surface area contributed by atoms with Crippen LogP contribution < -0.4 is 5.32 Å². The van der Waals surface area contributed by atoms with Crippen molar-refractivity contribution in [2.75, 3.05) is 38.2 Å². The maximum absolute atomic E-state index is 13.9. The van der Waals surface area contributed by atoms with Crippen LogP contribution in [0.2, 0.25) is 0 Å². The number of aryl methyl sites for hydroxylation is 1. The number of nitrogens with one attached hydrogen (secondary N) is 1. The number of hydrogen-bond acceptors (Lipinski definition) is 5. The molecule has 33 heavy (non-hydrogen) atoms. The summed E-state index contributed by atoms with van der Waals surface area (Å²) in [6.07, 6.45) is 1.53. The minimum atomic E-state index is -2.69. The van der Waals surface area contributed by atoms with E-state index >= 15 is 0 Å². The van der Waals surface area contributed by atoms with Crippen LogP contribution >= 0.6 is 0 Å². The van der Waals surface area contributed by atoms with E-state index in [9.17, 15) is 13.2 Å². The molecule has 5 rings (SSSR count). The van der Waals surface area contributed by atoms with Crippen LogP contribution in [0.15, 0.2) is 24.3 Å². The Morgan fingerprint density at radius 1 is 1.09 bits per heavy atom. The van der Waals surface area contributed by atoms with Gasteiger partial charge in [-0.2, -0.15) is 0 Å². The van der Waals surface area contributed by atoms with E-state index in [0.29, 0.717) is 17.4 Å². The lowest BCUT2D eigenvalue weighted by Crippen LogP contribution is -2.32. The van der Waals surface area contributed by atoms with Gasteiger partial charge in [-0.3, -0.25) is 0 Å². The Hall–Kier alpha value is -2.19. The van der Waals surface area contributed by atoms with Crippen molar-refractivity contribution in [2.45, 2.75) is 45.1 Å². The van der Waals surface area contributed by atoms with Crippen molar-refractivity contribution < 1.29 is 17.9 Å². The molecular formula is C25H31F3N4O. The van der Waals surface area contributed by atoms with Crippen molar-refractivity contribution in [3.63, 3.8) is 0 Å². The van der Waals surface area contributed by atoms with Crippen LogP contribution in [0.1, 0.15) is 43.2 Å². The predicted molar refractivity (Wildman–Crippen MR) is 121 cm³/mol. The smallest absolute Gasteiger partial charge is 0.267 e. The van der Waals surface area contributed by atoms with Crippen LogP contribution in [0.5, 0.6) is 0 Å². The SMILES string of the molecule is Cc1ccc(F)cc1-c1cc(C(F)F)c(N[C@@H]2C[C@@H]3CN(CC4CCOCC4)C[C@@H]3C2)nn1. The molecule has 0 spiro atoms. The first-order chi connectivity index (χ1) is 16.0. The van der Waals surface area contributed by atoms with Gasteiger partial charge in [0.05, 0.1) is 11.3 Å². The van der Waals surface area contributed by atoms with E-state index in [-0.39, 0.29) is 23.1 Å². The first-order valence-corrected chi connectivity index (χ1v) is 11.9. The van der Waals surface area contributed by atoms with E-state index in [1.807, 2.05) is 0 Å². The molecule has 3 aliphatic rings. The fourth-order valence-corrected chi connectivity index (χ4v) is 5.84. The Morgan fingerprint density at radius 3 is 2.52 bits per heavy atom. The number of rotatable bonds is 6. The number of likely N-dealkylation sites (tertiary alicyclic amines) is 1. The first kappa shape index (κ1) is 22.6. The van der Waals surface area contributed by atoms with Gasteiger partial charge < -0.3 is 15.0 Å². The van der Waals surface area contributed by atoms with Gasteiger partial charge >= 0.3 is 0 Å². The minimum Gasteiger partial charge on any atom is -0.381 e. The summed E-state index contributed by atoms with van der Waals surface area (Å²) >= 11 is 0. The van der Waals surface area contributed by atoms with Gasteiger partial charge in [-0.15, -0.1) is 10.2 Å². The Balaban J connectivity index is 1.23. The lowest BCUT2D eigenvalue weighted by atomic mass is 10.00. The molecule has 0 amide bonds. The molecule has 0 bridgehead atoms. The molecule has 2 aliphatic heterocycles. The highest BCUT2D eigenvalue weighted by molar-refractivity contribution is 5.65. The minimum absolute atomic E-state index is 0.124. The second-order valence-corrected chi connectivity index (χ2v) is 9.90. The summed E-state index contributed by atoms with van der Waals surface area (Å²) in [6, 6.07) is 5.74.